The third-order valence-corrected chi connectivity index (χ3v) is 3.73. The summed E-state index contributed by atoms with van der Waals surface area (Å²) in [5.74, 6) is -0.0345. The molecule has 6 heteroatoms. The highest BCUT2D eigenvalue weighted by atomic mass is 32.1. The Labute approximate surface area is 110 Å². The van der Waals surface area contributed by atoms with Gasteiger partial charge in [0.15, 0.2) is 0 Å². The molecule has 0 unspecified atom stereocenters. The third kappa shape index (κ3) is 3.01. The average Bonchev–Trinajstić information content (AvgIpc) is 2.92. The monoisotopic (exact) mass is 268 g/mol. The fourth-order valence-electron chi connectivity index (χ4n) is 2.00. The van der Waals surface area contributed by atoms with Crippen LogP contribution in [0, 0.1) is 0 Å². The fourth-order valence-corrected chi connectivity index (χ4v) is 2.63. The van der Waals surface area contributed by atoms with Crippen molar-refractivity contribution in [3.8, 4) is 0 Å². The lowest BCUT2D eigenvalue weighted by Crippen LogP contribution is -2.46. The predicted molar refractivity (Wildman–Crippen MR) is 68.8 cm³/mol. The van der Waals surface area contributed by atoms with Crippen LogP contribution in [0.1, 0.15) is 23.2 Å². The molecule has 1 aliphatic heterocycles. The molecule has 0 aliphatic carbocycles. The van der Waals surface area contributed by atoms with E-state index < -0.39 is 0 Å². The molecule has 98 valence electrons. The SMILES string of the molecule is COC(=O)N1CCC(NC(=O)c2ccsc2)CC1. The average molecular weight is 268 g/mol. The number of ether oxygens (including phenoxy) is 1. The van der Waals surface area contributed by atoms with E-state index in [1.807, 2.05) is 16.8 Å². The Morgan fingerprint density at radius 1 is 1.44 bits per heavy atom. The minimum absolute atomic E-state index is 0.0345. The minimum Gasteiger partial charge on any atom is -0.453 e. The summed E-state index contributed by atoms with van der Waals surface area (Å²) in [6, 6.07) is 1.95. The number of carbonyl (C=O) groups excluding carboxylic acids is 2. The van der Waals surface area contributed by atoms with Crippen LogP contribution in [0.25, 0.3) is 0 Å². The zero-order valence-electron chi connectivity index (χ0n) is 10.2. The van der Waals surface area contributed by atoms with E-state index in [0.29, 0.717) is 18.7 Å². The number of hydrogen-bond donors (Lipinski definition) is 1. The molecule has 2 amide bonds. The Hall–Kier alpha value is -1.56. The quantitative estimate of drug-likeness (QED) is 0.888. The van der Waals surface area contributed by atoms with Gasteiger partial charge in [0, 0.05) is 30.1 Å². The van der Waals surface area contributed by atoms with E-state index in [1.54, 1.807) is 4.90 Å². The van der Waals surface area contributed by atoms with Crippen molar-refractivity contribution in [2.75, 3.05) is 20.2 Å². The number of rotatable bonds is 2. The van der Waals surface area contributed by atoms with Crippen LogP contribution in [0.5, 0.6) is 0 Å². The number of piperidine rings is 1. The van der Waals surface area contributed by atoms with Crippen LogP contribution in [-0.4, -0.2) is 43.1 Å². The first-order valence-electron chi connectivity index (χ1n) is 5.86. The van der Waals surface area contributed by atoms with Crippen molar-refractivity contribution in [2.45, 2.75) is 18.9 Å². The van der Waals surface area contributed by atoms with Crippen molar-refractivity contribution in [3.05, 3.63) is 22.4 Å². The topological polar surface area (TPSA) is 58.6 Å². The predicted octanol–water partition coefficient (Wildman–Crippen LogP) is 1.71. The normalized spacial score (nSPS) is 16.4. The number of nitrogens with zero attached hydrogens (tertiary/aromatic N) is 1. The van der Waals surface area contributed by atoms with Crippen LogP contribution < -0.4 is 5.32 Å². The van der Waals surface area contributed by atoms with Gasteiger partial charge in [0.05, 0.1) is 7.11 Å². The van der Waals surface area contributed by atoms with Crippen LogP contribution in [0.3, 0.4) is 0 Å². The van der Waals surface area contributed by atoms with Gasteiger partial charge >= 0.3 is 6.09 Å². The summed E-state index contributed by atoms with van der Waals surface area (Å²) in [4.78, 5) is 24.8. The first-order chi connectivity index (χ1) is 8.70. The summed E-state index contributed by atoms with van der Waals surface area (Å²) < 4.78 is 4.67. The van der Waals surface area contributed by atoms with Gasteiger partial charge < -0.3 is 15.0 Å². The Balaban J connectivity index is 1.80. The van der Waals surface area contributed by atoms with Gasteiger partial charge in [-0.1, -0.05) is 0 Å². The zero-order chi connectivity index (χ0) is 13.0. The minimum atomic E-state index is -0.294. The maximum absolute atomic E-state index is 11.8. The first kappa shape index (κ1) is 12.9. The molecule has 0 aromatic carbocycles. The van der Waals surface area contributed by atoms with Crippen LogP contribution in [-0.2, 0) is 4.74 Å². The standard InChI is InChI=1S/C12H16N2O3S/c1-17-12(16)14-5-2-10(3-6-14)13-11(15)9-4-7-18-8-9/h4,7-8,10H,2-3,5-6H2,1H3,(H,13,15). The molecule has 0 bridgehead atoms. The second kappa shape index (κ2) is 5.86. The fraction of sp³-hybridized carbons (Fsp3) is 0.500. The number of thiophene rings is 1. The summed E-state index contributed by atoms with van der Waals surface area (Å²) >= 11 is 1.51. The summed E-state index contributed by atoms with van der Waals surface area (Å²) in [6.45, 7) is 1.25. The first-order valence-corrected chi connectivity index (χ1v) is 6.81. The van der Waals surface area contributed by atoms with E-state index in [0.717, 1.165) is 12.8 Å². The van der Waals surface area contributed by atoms with Gasteiger partial charge in [0.1, 0.15) is 0 Å². The van der Waals surface area contributed by atoms with Crippen LogP contribution in [0.2, 0.25) is 0 Å². The van der Waals surface area contributed by atoms with Crippen molar-refractivity contribution in [1.29, 1.82) is 0 Å². The van der Waals surface area contributed by atoms with Crippen LogP contribution in [0.15, 0.2) is 16.8 Å². The van der Waals surface area contributed by atoms with Crippen LogP contribution >= 0.6 is 11.3 Å². The summed E-state index contributed by atoms with van der Waals surface area (Å²) in [5.41, 5.74) is 0.704. The van der Waals surface area contributed by atoms with Gasteiger partial charge in [0.2, 0.25) is 0 Å². The molecule has 0 spiro atoms. The smallest absolute Gasteiger partial charge is 0.409 e. The van der Waals surface area contributed by atoms with Crippen molar-refractivity contribution in [3.63, 3.8) is 0 Å². The molecule has 1 fully saturated rings. The molecule has 0 atom stereocenters. The molecule has 5 nitrogen and oxygen atoms in total. The zero-order valence-corrected chi connectivity index (χ0v) is 11.0. The van der Waals surface area contributed by atoms with Crippen molar-refractivity contribution in [2.24, 2.45) is 0 Å². The van der Waals surface area contributed by atoms with Gasteiger partial charge in [-0.05, 0) is 24.3 Å². The van der Waals surface area contributed by atoms with Gasteiger partial charge in [0.25, 0.3) is 5.91 Å². The van der Waals surface area contributed by atoms with Crippen molar-refractivity contribution < 1.29 is 14.3 Å². The van der Waals surface area contributed by atoms with E-state index in [2.05, 4.69) is 10.1 Å². The number of hydrogen-bond acceptors (Lipinski definition) is 4. The molecule has 0 saturated carbocycles. The molecular weight excluding hydrogens is 252 g/mol. The molecule has 1 aliphatic rings. The summed E-state index contributed by atoms with van der Waals surface area (Å²) in [6.07, 6.45) is 1.24. The number of carbonyl (C=O) groups is 2. The largest absolute Gasteiger partial charge is 0.453 e. The maximum atomic E-state index is 11.8. The Morgan fingerprint density at radius 2 is 2.17 bits per heavy atom. The summed E-state index contributed by atoms with van der Waals surface area (Å²) in [5, 5.41) is 6.70. The molecule has 1 aromatic heterocycles. The van der Waals surface area contributed by atoms with E-state index in [4.69, 9.17) is 0 Å². The van der Waals surface area contributed by atoms with E-state index in [1.165, 1.54) is 18.4 Å². The lowest BCUT2D eigenvalue weighted by atomic mass is 10.1. The molecular formula is C12H16N2O3S. The highest BCUT2D eigenvalue weighted by Crippen LogP contribution is 2.13. The number of methoxy groups -OCH3 is 1. The second-order valence-corrected chi connectivity index (χ2v) is 5.00. The lowest BCUT2D eigenvalue weighted by molar-refractivity contribution is 0.0892. The lowest BCUT2D eigenvalue weighted by Gasteiger charge is -2.31. The summed E-state index contributed by atoms with van der Waals surface area (Å²) in [7, 11) is 1.38. The Morgan fingerprint density at radius 3 is 2.72 bits per heavy atom. The van der Waals surface area contributed by atoms with Gasteiger partial charge in [-0.3, -0.25) is 4.79 Å². The third-order valence-electron chi connectivity index (χ3n) is 3.05. The number of likely N-dealkylation sites (tertiary alicyclic amines) is 1. The van der Waals surface area contributed by atoms with E-state index >= 15 is 0 Å². The number of nitrogens with one attached hydrogen (secondary N) is 1. The number of amides is 2. The second-order valence-electron chi connectivity index (χ2n) is 4.22. The molecule has 1 aromatic rings. The Kier molecular flexibility index (Phi) is 4.19. The van der Waals surface area contributed by atoms with Gasteiger partial charge in [-0.25, -0.2) is 4.79 Å². The molecule has 0 radical (unpaired) electrons. The van der Waals surface area contributed by atoms with Gasteiger partial charge in [-0.2, -0.15) is 11.3 Å². The van der Waals surface area contributed by atoms with Crippen molar-refractivity contribution >= 4 is 23.3 Å². The molecule has 2 rings (SSSR count). The Bertz CT molecular complexity index is 411. The van der Waals surface area contributed by atoms with Crippen LogP contribution in [0.4, 0.5) is 4.79 Å². The van der Waals surface area contributed by atoms with E-state index in [-0.39, 0.29) is 18.0 Å². The highest BCUT2D eigenvalue weighted by molar-refractivity contribution is 7.08. The molecule has 1 saturated heterocycles. The van der Waals surface area contributed by atoms with E-state index in [9.17, 15) is 9.59 Å². The molecule has 1 N–H and O–H groups in total. The molecule has 18 heavy (non-hydrogen) atoms. The van der Waals surface area contributed by atoms with Gasteiger partial charge in [-0.15, -0.1) is 0 Å². The van der Waals surface area contributed by atoms with Crippen molar-refractivity contribution in [1.82, 2.24) is 10.2 Å². The molecule has 2 heterocycles. The highest BCUT2D eigenvalue weighted by Gasteiger charge is 2.24. The maximum Gasteiger partial charge on any atom is 0.409 e.